The number of imidazole rings is 1. The molecule has 4 atom stereocenters. The van der Waals surface area contributed by atoms with Gasteiger partial charge in [-0.05, 0) is 18.5 Å². The second-order valence-corrected chi connectivity index (χ2v) is 7.73. The van der Waals surface area contributed by atoms with E-state index in [0.29, 0.717) is 30.1 Å². The summed E-state index contributed by atoms with van der Waals surface area (Å²) in [6.07, 6.45) is -4.23. The molecule has 2 aliphatic rings. The van der Waals surface area contributed by atoms with Gasteiger partial charge in [0.15, 0.2) is 23.2 Å². The Morgan fingerprint density at radius 3 is 2.77 bits per heavy atom. The SMILES string of the molecule is Cc1nc(N)c2nc(Cl)n([C@@H]3O[C@H](CNCC(=O)N4CCNCC4)[C@@H](O)[C@H]3O)c2n1. The molecule has 4 heterocycles. The number of aliphatic hydroxyl groups excluding tert-OH is 2. The summed E-state index contributed by atoms with van der Waals surface area (Å²) in [5, 5.41) is 27.2. The number of hydrogen-bond acceptors (Lipinski definition) is 10. The first-order chi connectivity index (χ1) is 14.4. The molecule has 0 bridgehead atoms. The maximum absolute atomic E-state index is 12.3. The summed E-state index contributed by atoms with van der Waals surface area (Å²) in [6.45, 7) is 4.84. The number of carbonyl (C=O) groups excluding carboxylic acids is 1. The molecule has 12 nitrogen and oxygen atoms in total. The lowest BCUT2D eigenvalue weighted by Gasteiger charge is -2.27. The molecule has 0 aromatic carbocycles. The van der Waals surface area contributed by atoms with Crippen molar-refractivity contribution in [3.63, 3.8) is 0 Å². The minimum Gasteiger partial charge on any atom is -0.387 e. The molecule has 2 aromatic rings. The van der Waals surface area contributed by atoms with Crippen molar-refractivity contribution in [3.8, 4) is 0 Å². The van der Waals surface area contributed by atoms with E-state index in [-0.39, 0.29) is 30.1 Å². The number of anilines is 1. The molecule has 30 heavy (non-hydrogen) atoms. The molecule has 2 fully saturated rings. The fourth-order valence-electron chi connectivity index (χ4n) is 3.77. The van der Waals surface area contributed by atoms with Crippen LogP contribution in [0.25, 0.3) is 11.2 Å². The lowest BCUT2D eigenvalue weighted by molar-refractivity contribution is -0.130. The third-order valence-corrected chi connectivity index (χ3v) is 5.59. The number of carbonyl (C=O) groups is 1. The van der Waals surface area contributed by atoms with E-state index in [4.69, 9.17) is 22.1 Å². The van der Waals surface area contributed by atoms with E-state index in [1.165, 1.54) is 4.57 Å². The second-order valence-electron chi connectivity index (χ2n) is 7.39. The lowest BCUT2D eigenvalue weighted by Crippen LogP contribution is -2.50. The van der Waals surface area contributed by atoms with Gasteiger partial charge in [-0.2, -0.15) is 0 Å². The van der Waals surface area contributed by atoms with Crippen LogP contribution in [-0.4, -0.2) is 98.1 Å². The smallest absolute Gasteiger partial charge is 0.236 e. The molecule has 164 valence electrons. The number of ether oxygens (including phenoxy) is 1. The molecular formula is C17H25ClN8O4. The van der Waals surface area contributed by atoms with Crippen LogP contribution in [0, 0.1) is 6.92 Å². The number of amides is 1. The Morgan fingerprint density at radius 2 is 2.03 bits per heavy atom. The van der Waals surface area contributed by atoms with Gasteiger partial charge in [0.05, 0.1) is 6.54 Å². The molecule has 13 heteroatoms. The highest BCUT2D eigenvalue weighted by atomic mass is 35.5. The Bertz CT molecular complexity index is 934. The van der Waals surface area contributed by atoms with Gasteiger partial charge in [0.25, 0.3) is 0 Å². The number of halogens is 1. The third kappa shape index (κ3) is 3.94. The number of nitrogens with one attached hydrogen (secondary N) is 2. The van der Waals surface area contributed by atoms with Crippen molar-refractivity contribution >= 4 is 34.5 Å². The molecule has 6 N–H and O–H groups in total. The van der Waals surface area contributed by atoms with Gasteiger partial charge in [-0.25, -0.2) is 15.0 Å². The predicted molar refractivity (Wildman–Crippen MR) is 108 cm³/mol. The fourth-order valence-corrected chi connectivity index (χ4v) is 4.03. The Balaban J connectivity index is 1.44. The van der Waals surface area contributed by atoms with Crippen LogP contribution in [0.4, 0.5) is 5.82 Å². The van der Waals surface area contributed by atoms with E-state index in [9.17, 15) is 15.0 Å². The van der Waals surface area contributed by atoms with Crippen LogP contribution in [0.1, 0.15) is 12.1 Å². The number of aryl methyl sites for hydroxylation is 1. The summed E-state index contributed by atoms with van der Waals surface area (Å²) in [6, 6.07) is 0. The Kier molecular flexibility index (Phi) is 6.04. The zero-order valence-corrected chi connectivity index (χ0v) is 17.2. The Hall–Kier alpha value is -2.09. The fraction of sp³-hybridized carbons (Fsp3) is 0.647. The van der Waals surface area contributed by atoms with Crippen molar-refractivity contribution in [2.45, 2.75) is 31.5 Å². The lowest BCUT2D eigenvalue weighted by atomic mass is 10.1. The minimum absolute atomic E-state index is 0.00958. The summed E-state index contributed by atoms with van der Waals surface area (Å²) in [4.78, 5) is 26.5. The highest BCUT2D eigenvalue weighted by Gasteiger charge is 2.45. The molecular weight excluding hydrogens is 416 g/mol. The first-order valence-corrected chi connectivity index (χ1v) is 10.1. The summed E-state index contributed by atoms with van der Waals surface area (Å²) in [7, 11) is 0. The van der Waals surface area contributed by atoms with Crippen molar-refractivity contribution in [1.82, 2.24) is 35.1 Å². The largest absolute Gasteiger partial charge is 0.387 e. The number of aromatic nitrogens is 4. The van der Waals surface area contributed by atoms with E-state index >= 15 is 0 Å². The summed E-state index contributed by atoms with van der Waals surface area (Å²) < 4.78 is 7.26. The topological polar surface area (TPSA) is 164 Å². The zero-order chi connectivity index (χ0) is 21.4. The maximum atomic E-state index is 12.3. The van der Waals surface area contributed by atoms with Crippen LogP contribution in [0.5, 0.6) is 0 Å². The van der Waals surface area contributed by atoms with Crippen LogP contribution in [0.2, 0.25) is 5.28 Å². The highest BCUT2D eigenvalue weighted by molar-refractivity contribution is 6.29. The number of aliphatic hydroxyl groups is 2. The van der Waals surface area contributed by atoms with Gasteiger partial charge < -0.3 is 36.2 Å². The molecule has 2 aliphatic heterocycles. The van der Waals surface area contributed by atoms with Crippen molar-refractivity contribution in [2.24, 2.45) is 0 Å². The molecule has 0 unspecified atom stereocenters. The van der Waals surface area contributed by atoms with Gasteiger partial charge in [-0.15, -0.1) is 0 Å². The van der Waals surface area contributed by atoms with Crippen LogP contribution < -0.4 is 16.4 Å². The standard InChI is InChI=1S/C17H25ClN8O4/c1-8-22-14(19)11-15(23-8)26(17(18)24-11)16-13(29)12(28)9(30-16)6-21-7-10(27)25-4-2-20-3-5-25/h9,12-13,16,20-21,28-29H,2-7H2,1H3,(H2,19,22,23)/t9-,12-,13-,16-/m1/s1. The summed E-state index contributed by atoms with van der Waals surface area (Å²) >= 11 is 6.25. The third-order valence-electron chi connectivity index (χ3n) is 5.32. The number of nitrogens with two attached hydrogens (primary N) is 1. The van der Waals surface area contributed by atoms with Crippen LogP contribution in [0.3, 0.4) is 0 Å². The molecule has 4 rings (SSSR count). The van der Waals surface area contributed by atoms with E-state index in [2.05, 4.69) is 25.6 Å². The Morgan fingerprint density at radius 1 is 1.30 bits per heavy atom. The summed E-state index contributed by atoms with van der Waals surface area (Å²) in [5.74, 6) is 0.554. The molecule has 0 radical (unpaired) electrons. The summed E-state index contributed by atoms with van der Waals surface area (Å²) in [5.41, 5.74) is 6.49. The van der Waals surface area contributed by atoms with E-state index in [1.807, 2.05) is 0 Å². The quantitative estimate of drug-likeness (QED) is 0.329. The maximum Gasteiger partial charge on any atom is 0.236 e. The normalized spacial score (nSPS) is 27.1. The van der Waals surface area contributed by atoms with Gasteiger partial charge in [-0.3, -0.25) is 9.36 Å². The van der Waals surface area contributed by atoms with Crippen molar-refractivity contribution in [3.05, 3.63) is 11.1 Å². The number of fused-ring (bicyclic) bond motifs is 1. The van der Waals surface area contributed by atoms with Crippen molar-refractivity contribution in [1.29, 1.82) is 0 Å². The number of nitrogen functional groups attached to an aromatic ring is 1. The number of hydrogen-bond donors (Lipinski definition) is 5. The number of piperazine rings is 1. The highest BCUT2D eigenvalue weighted by Crippen LogP contribution is 2.35. The first-order valence-electron chi connectivity index (χ1n) is 9.75. The van der Waals surface area contributed by atoms with Gasteiger partial charge in [0.2, 0.25) is 11.2 Å². The average molecular weight is 441 g/mol. The first kappa shape index (κ1) is 21.2. The minimum atomic E-state index is -1.27. The van der Waals surface area contributed by atoms with E-state index in [1.54, 1.807) is 11.8 Å². The molecule has 0 aliphatic carbocycles. The van der Waals surface area contributed by atoms with Crippen molar-refractivity contribution in [2.75, 3.05) is 45.0 Å². The van der Waals surface area contributed by atoms with Crippen LogP contribution in [-0.2, 0) is 9.53 Å². The molecule has 2 saturated heterocycles. The molecule has 0 spiro atoms. The van der Waals surface area contributed by atoms with E-state index in [0.717, 1.165) is 13.1 Å². The number of nitrogens with zero attached hydrogens (tertiary/aromatic N) is 5. The molecule has 1 amide bonds. The average Bonchev–Trinajstić information content (AvgIpc) is 3.19. The van der Waals surface area contributed by atoms with Crippen LogP contribution >= 0.6 is 11.6 Å². The Labute approximate surface area is 177 Å². The van der Waals surface area contributed by atoms with Gasteiger partial charge in [0.1, 0.15) is 24.1 Å². The van der Waals surface area contributed by atoms with Crippen molar-refractivity contribution < 1.29 is 19.7 Å². The number of rotatable bonds is 5. The molecule has 2 aromatic heterocycles. The van der Waals surface area contributed by atoms with E-state index < -0.39 is 24.5 Å². The van der Waals surface area contributed by atoms with Gasteiger partial charge >= 0.3 is 0 Å². The molecule has 0 saturated carbocycles. The zero-order valence-electron chi connectivity index (χ0n) is 16.5. The monoisotopic (exact) mass is 440 g/mol. The van der Waals surface area contributed by atoms with Gasteiger partial charge in [0, 0.05) is 32.7 Å². The van der Waals surface area contributed by atoms with Gasteiger partial charge in [-0.1, -0.05) is 0 Å². The second kappa shape index (κ2) is 8.57. The van der Waals surface area contributed by atoms with Crippen LogP contribution in [0.15, 0.2) is 0 Å². The predicted octanol–water partition coefficient (Wildman–Crippen LogP) is -1.99.